The molecule has 0 rings (SSSR count). The Morgan fingerprint density at radius 1 is 1.50 bits per heavy atom. The Labute approximate surface area is 63.8 Å². The maximum absolute atomic E-state index is 9.51. The molecule has 3 atom stereocenters. The molecule has 1 nitrogen and oxygen atoms in total. The smallest absolute Gasteiger partial charge is 0.0625 e. The Morgan fingerprint density at radius 2 is 2.00 bits per heavy atom. The van der Waals surface area contributed by atoms with Gasteiger partial charge in [-0.15, -0.1) is 6.58 Å². The van der Waals surface area contributed by atoms with Crippen LogP contribution in [0.3, 0.4) is 0 Å². The van der Waals surface area contributed by atoms with Crippen molar-refractivity contribution in [3.63, 3.8) is 0 Å². The van der Waals surface area contributed by atoms with Crippen molar-refractivity contribution in [1.82, 2.24) is 0 Å². The van der Waals surface area contributed by atoms with Gasteiger partial charge in [-0.25, -0.2) is 0 Å². The third-order valence-electron chi connectivity index (χ3n) is 2.14. The molecule has 0 aliphatic rings. The zero-order valence-electron chi connectivity index (χ0n) is 7.17. The lowest BCUT2D eigenvalue weighted by Gasteiger charge is -2.20. The Hall–Kier alpha value is -0.300. The summed E-state index contributed by atoms with van der Waals surface area (Å²) in [6, 6.07) is 0. The lowest BCUT2D eigenvalue weighted by molar-refractivity contribution is 0.0814. The minimum absolute atomic E-state index is 0.218. The molecule has 60 valence electrons. The monoisotopic (exact) mass is 142 g/mol. The maximum Gasteiger partial charge on any atom is 0.0625 e. The molecule has 0 heterocycles. The molecule has 0 aliphatic heterocycles. The zero-order chi connectivity index (χ0) is 8.15. The maximum atomic E-state index is 9.51. The number of rotatable bonds is 4. The molecule has 0 radical (unpaired) electrons. The molecular weight excluding hydrogens is 124 g/mol. The normalized spacial score (nSPS) is 19.6. The first-order valence-electron chi connectivity index (χ1n) is 3.94. The number of aliphatic hydroxyl groups is 1. The second-order valence-electron chi connectivity index (χ2n) is 2.97. The highest BCUT2D eigenvalue weighted by molar-refractivity contribution is 4.83. The molecule has 0 saturated carbocycles. The predicted octanol–water partition coefficient (Wildman–Crippen LogP) is 2.22. The standard InChI is InChI=1S/C9H18O/c1-5-7(3)9(10)8(4)6-2/h5,7-10H,1,6H2,2-4H3/t7-,8+,9+/m0/s1. The van der Waals surface area contributed by atoms with Crippen LogP contribution in [0.25, 0.3) is 0 Å². The van der Waals surface area contributed by atoms with Gasteiger partial charge in [0, 0.05) is 0 Å². The average molecular weight is 142 g/mol. The van der Waals surface area contributed by atoms with Gasteiger partial charge in [0.2, 0.25) is 0 Å². The van der Waals surface area contributed by atoms with E-state index in [1.807, 2.05) is 6.92 Å². The molecule has 10 heavy (non-hydrogen) atoms. The van der Waals surface area contributed by atoms with Crippen molar-refractivity contribution in [1.29, 1.82) is 0 Å². The van der Waals surface area contributed by atoms with Crippen LogP contribution in [-0.4, -0.2) is 11.2 Å². The Balaban J connectivity index is 3.80. The van der Waals surface area contributed by atoms with E-state index >= 15 is 0 Å². The highest BCUT2D eigenvalue weighted by atomic mass is 16.3. The van der Waals surface area contributed by atoms with E-state index in [-0.39, 0.29) is 12.0 Å². The third-order valence-corrected chi connectivity index (χ3v) is 2.14. The van der Waals surface area contributed by atoms with E-state index < -0.39 is 0 Å². The SMILES string of the molecule is C=C[C@H](C)[C@@H](O)[C@H](C)CC. The minimum Gasteiger partial charge on any atom is -0.392 e. The van der Waals surface area contributed by atoms with Gasteiger partial charge >= 0.3 is 0 Å². The molecule has 0 unspecified atom stereocenters. The molecule has 0 aliphatic carbocycles. The van der Waals surface area contributed by atoms with Crippen molar-refractivity contribution in [2.24, 2.45) is 11.8 Å². The van der Waals surface area contributed by atoms with Crippen molar-refractivity contribution in [2.75, 3.05) is 0 Å². The van der Waals surface area contributed by atoms with Gasteiger partial charge in [-0.3, -0.25) is 0 Å². The van der Waals surface area contributed by atoms with Gasteiger partial charge in [0.05, 0.1) is 6.10 Å². The summed E-state index contributed by atoms with van der Waals surface area (Å²) in [6.45, 7) is 9.78. The van der Waals surface area contributed by atoms with E-state index in [4.69, 9.17) is 0 Å². The number of aliphatic hydroxyl groups excluding tert-OH is 1. The van der Waals surface area contributed by atoms with Crippen LogP contribution < -0.4 is 0 Å². The number of hydrogen-bond acceptors (Lipinski definition) is 1. The Morgan fingerprint density at radius 3 is 2.30 bits per heavy atom. The van der Waals surface area contributed by atoms with Gasteiger partial charge in [0.25, 0.3) is 0 Å². The number of hydrogen-bond donors (Lipinski definition) is 1. The molecule has 0 saturated heterocycles. The minimum atomic E-state index is -0.220. The summed E-state index contributed by atoms with van der Waals surface area (Å²) < 4.78 is 0. The predicted molar refractivity (Wildman–Crippen MR) is 44.8 cm³/mol. The molecular formula is C9H18O. The molecule has 1 N–H and O–H groups in total. The first-order chi connectivity index (χ1) is 4.63. The van der Waals surface area contributed by atoms with Gasteiger partial charge in [0.1, 0.15) is 0 Å². The van der Waals surface area contributed by atoms with E-state index in [9.17, 15) is 5.11 Å². The summed E-state index contributed by atoms with van der Waals surface area (Å²) in [4.78, 5) is 0. The van der Waals surface area contributed by atoms with E-state index in [1.54, 1.807) is 6.08 Å². The topological polar surface area (TPSA) is 20.2 Å². The molecule has 0 fully saturated rings. The summed E-state index contributed by atoms with van der Waals surface area (Å²) in [7, 11) is 0. The summed E-state index contributed by atoms with van der Waals surface area (Å²) in [5, 5.41) is 9.51. The average Bonchev–Trinajstić information content (AvgIpc) is 2.00. The largest absolute Gasteiger partial charge is 0.392 e. The first kappa shape index (κ1) is 9.70. The first-order valence-corrected chi connectivity index (χ1v) is 3.94. The van der Waals surface area contributed by atoms with Crippen molar-refractivity contribution in [2.45, 2.75) is 33.3 Å². The van der Waals surface area contributed by atoms with Crippen molar-refractivity contribution < 1.29 is 5.11 Å². The molecule has 0 aromatic rings. The van der Waals surface area contributed by atoms with Crippen LogP contribution in [0.2, 0.25) is 0 Å². The zero-order valence-corrected chi connectivity index (χ0v) is 7.17. The Bertz CT molecular complexity index is 98.9. The molecule has 0 spiro atoms. The van der Waals surface area contributed by atoms with Gasteiger partial charge < -0.3 is 5.11 Å². The van der Waals surface area contributed by atoms with Crippen LogP contribution in [0.15, 0.2) is 12.7 Å². The summed E-state index contributed by atoms with van der Waals surface area (Å²) in [6.07, 6.45) is 2.61. The van der Waals surface area contributed by atoms with E-state index in [0.717, 1.165) is 6.42 Å². The van der Waals surface area contributed by atoms with Crippen LogP contribution in [-0.2, 0) is 0 Å². The van der Waals surface area contributed by atoms with Crippen LogP contribution in [0.5, 0.6) is 0 Å². The van der Waals surface area contributed by atoms with Gasteiger partial charge in [-0.2, -0.15) is 0 Å². The highest BCUT2D eigenvalue weighted by Crippen LogP contribution is 2.15. The second-order valence-corrected chi connectivity index (χ2v) is 2.97. The van der Waals surface area contributed by atoms with Gasteiger partial charge in [-0.1, -0.05) is 33.3 Å². The molecule has 0 aromatic carbocycles. The van der Waals surface area contributed by atoms with E-state index in [2.05, 4.69) is 20.4 Å². The lowest BCUT2D eigenvalue weighted by Crippen LogP contribution is -2.23. The van der Waals surface area contributed by atoms with Crippen LogP contribution in [0.4, 0.5) is 0 Å². The molecule has 1 heteroatoms. The van der Waals surface area contributed by atoms with Crippen molar-refractivity contribution in [3.05, 3.63) is 12.7 Å². The van der Waals surface area contributed by atoms with Crippen LogP contribution in [0, 0.1) is 11.8 Å². The van der Waals surface area contributed by atoms with Crippen molar-refractivity contribution >= 4 is 0 Å². The van der Waals surface area contributed by atoms with Crippen molar-refractivity contribution in [3.8, 4) is 0 Å². The molecule has 0 amide bonds. The van der Waals surface area contributed by atoms with Crippen LogP contribution in [0.1, 0.15) is 27.2 Å². The summed E-state index contributed by atoms with van der Waals surface area (Å²) in [5.41, 5.74) is 0. The van der Waals surface area contributed by atoms with E-state index in [1.165, 1.54) is 0 Å². The third kappa shape index (κ3) is 2.53. The fourth-order valence-corrected chi connectivity index (χ4v) is 0.899. The summed E-state index contributed by atoms with van der Waals surface area (Å²) in [5.74, 6) is 0.600. The molecule has 0 aromatic heterocycles. The van der Waals surface area contributed by atoms with Gasteiger partial charge in [0.15, 0.2) is 0 Å². The van der Waals surface area contributed by atoms with Crippen LogP contribution >= 0.6 is 0 Å². The quantitative estimate of drug-likeness (QED) is 0.597. The van der Waals surface area contributed by atoms with Gasteiger partial charge in [-0.05, 0) is 11.8 Å². The van der Waals surface area contributed by atoms with E-state index in [0.29, 0.717) is 5.92 Å². The summed E-state index contributed by atoms with van der Waals surface area (Å²) >= 11 is 0. The Kier molecular flexibility index (Phi) is 4.37. The fourth-order valence-electron chi connectivity index (χ4n) is 0.899. The molecule has 0 bridgehead atoms. The lowest BCUT2D eigenvalue weighted by atomic mass is 9.92. The highest BCUT2D eigenvalue weighted by Gasteiger charge is 2.16. The second kappa shape index (κ2) is 4.51. The fraction of sp³-hybridized carbons (Fsp3) is 0.778.